The SMILES string of the molecule is O=[N+]([O-])c1ccccc1CCn1cc(CCO)nn1. The van der Waals surface area contributed by atoms with Crippen LogP contribution in [-0.2, 0) is 19.4 Å². The van der Waals surface area contributed by atoms with Gasteiger partial charge in [-0.2, -0.15) is 0 Å². The van der Waals surface area contributed by atoms with Crippen molar-refractivity contribution >= 4 is 5.69 Å². The van der Waals surface area contributed by atoms with Crippen LogP contribution >= 0.6 is 0 Å². The molecule has 0 fully saturated rings. The molecule has 0 spiro atoms. The van der Waals surface area contributed by atoms with Gasteiger partial charge in [-0.05, 0) is 6.42 Å². The van der Waals surface area contributed by atoms with Crippen LogP contribution in [0.1, 0.15) is 11.3 Å². The lowest BCUT2D eigenvalue weighted by Crippen LogP contribution is -2.04. The fourth-order valence-electron chi connectivity index (χ4n) is 1.81. The van der Waals surface area contributed by atoms with Gasteiger partial charge in [0.25, 0.3) is 5.69 Å². The second-order valence-electron chi connectivity index (χ2n) is 4.08. The van der Waals surface area contributed by atoms with Crippen molar-refractivity contribution in [3.8, 4) is 0 Å². The first-order valence-corrected chi connectivity index (χ1v) is 5.93. The van der Waals surface area contributed by atoms with Crippen LogP contribution in [0.3, 0.4) is 0 Å². The monoisotopic (exact) mass is 262 g/mol. The van der Waals surface area contributed by atoms with Gasteiger partial charge < -0.3 is 5.11 Å². The minimum atomic E-state index is -0.381. The summed E-state index contributed by atoms with van der Waals surface area (Å²) >= 11 is 0. The van der Waals surface area contributed by atoms with Gasteiger partial charge in [0.2, 0.25) is 0 Å². The number of rotatable bonds is 6. The van der Waals surface area contributed by atoms with Crippen LogP contribution < -0.4 is 0 Å². The topological polar surface area (TPSA) is 94.1 Å². The number of hydrogen-bond acceptors (Lipinski definition) is 5. The lowest BCUT2D eigenvalue weighted by Gasteiger charge is -2.02. The van der Waals surface area contributed by atoms with Gasteiger partial charge in [0.05, 0.1) is 10.6 Å². The summed E-state index contributed by atoms with van der Waals surface area (Å²) in [5.41, 5.74) is 1.51. The molecule has 0 radical (unpaired) electrons. The zero-order valence-corrected chi connectivity index (χ0v) is 10.3. The van der Waals surface area contributed by atoms with E-state index in [4.69, 9.17) is 5.11 Å². The summed E-state index contributed by atoms with van der Waals surface area (Å²) < 4.78 is 1.63. The van der Waals surface area contributed by atoms with Gasteiger partial charge in [-0.15, -0.1) is 5.10 Å². The molecular formula is C12H14N4O3. The number of para-hydroxylation sites is 1. The molecule has 0 aliphatic carbocycles. The molecule has 0 atom stereocenters. The van der Waals surface area contributed by atoms with Crippen LogP contribution in [0.4, 0.5) is 5.69 Å². The van der Waals surface area contributed by atoms with Crippen molar-refractivity contribution in [1.82, 2.24) is 15.0 Å². The first-order chi connectivity index (χ1) is 9.20. The number of aryl methyl sites for hydroxylation is 2. The molecule has 0 bridgehead atoms. The second-order valence-corrected chi connectivity index (χ2v) is 4.08. The molecule has 1 aromatic carbocycles. The van der Waals surface area contributed by atoms with Gasteiger partial charge in [-0.3, -0.25) is 14.8 Å². The number of aliphatic hydroxyl groups excluding tert-OH is 1. The molecule has 7 nitrogen and oxygen atoms in total. The molecule has 0 unspecified atom stereocenters. The van der Waals surface area contributed by atoms with E-state index >= 15 is 0 Å². The van der Waals surface area contributed by atoms with Crippen LogP contribution in [0.15, 0.2) is 30.5 Å². The van der Waals surface area contributed by atoms with Crippen LogP contribution in [0.25, 0.3) is 0 Å². The number of benzene rings is 1. The Bertz CT molecular complexity index is 568. The zero-order valence-electron chi connectivity index (χ0n) is 10.3. The number of aromatic nitrogens is 3. The average molecular weight is 262 g/mol. The maximum absolute atomic E-state index is 10.9. The Morgan fingerprint density at radius 1 is 1.32 bits per heavy atom. The summed E-state index contributed by atoms with van der Waals surface area (Å²) in [5, 5.41) is 27.5. The number of nitro groups is 1. The predicted octanol–water partition coefficient (Wildman–Crippen LogP) is 0.964. The molecule has 1 N–H and O–H groups in total. The quantitative estimate of drug-likeness (QED) is 0.618. The maximum Gasteiger partial charge on any atom is 0.272 e. The van der Waals surface area contributed by atoms with Crippen molar-refractivity contribution in [2.45, 2.75) is 19.4 Å². The summed E-state index contributed by atoms with van der Waals surface area (Å²) in [6, 6.07) is 6.66. The van der Waals surface area contributed by atoms with E-state index in [-0.39, 0.29) is 17.2 Å². The van der Waals surface area contributed by atoms with Crippen molar-refractivity contribution in [3.05, 3.63) is 51.8 Å². The molecule has 19 heavy (non-hydrogen) atoms. The molecule has 1 heterocycles. The van der Waals surface area contributed by atoms with Crippen molar-refractivity contribution < 1.29 is 10.0 Å². The molecule has 0 saturated carbocycles. The first kappa shape index (κ1) is 13.2. The van der Waals surface area contributed by atoms with Crippen molar-refractivity contribution in [1.29, 1.82) is 0 Å². The Kier molecular flexibility index (Phi) is 4.19. The third-order valence-corrected chi connectivity index (χ3v) is 2.75. The van der Waals surface area contributed by atoms with Gasteiger partial charge >= 0.3 is 0 Å². The highest BCUT2D eigenvalue weighted by Crippen LogP contribution is 2.18. The predicted molar refractivity (Wildman–Crippen MR) is 67.6 cm³/mol. The standard InChI is InChI=1S/C12H14N4O3/c17-8-6-11-9-15(14-13-11)7-5-10-3-1-2-4-12(10)16(18)19/h1-4,9,17H,5-8H2. The van der Waals surface area contributed by atoms with Crippen LogP contribution in [-0.4, -0.2) is 31.6 Å². The molecular weight excluding hydrogens is 248 g/mol. The summed E-state index contributed by atoms with van der Waals surface area (Å²) in [6.45, 7) is 0.548. The largest absolute Gasteiger partial charge is 0.396 e. The van der Waals surface area contributed by atoms with Gasteiger partial charge in [-0.25, -0.2) is 0 Å². The van der Waals surface area contributed by atoms with E-state index in [2.05, 4.69) is 10.3 Å². The number of hydrogen-bond donors (Lipinski definition) is 1. The molecule has 0 saturated heterocycles. The van der Waals surface area contributed by atoms with Gasteiger partial charge in [0.1, 0.15) is 0 Å². The summed E-state index contributed by atoms with van der Waals surface area (Å²) in [7, 11) is 0. The fraction of sp³-hybridized carbons (Fsp3) is 0.333. The van der Waals surface area contributed by atoms with E-state index < -0.39 is 0 Å². The van der Waals surface area contributed by atoms with E-state index in [0.717, 1.165) is 0 Å². The highest BCUT2D eigenvalue weighted by atomic mass is 16.6. The highest BCUT2D eigenvalue weighted by molar-refractivity contribution is 5.39. The summed E-state index contributed by atoms with van der Waals surface area (Å²) in [4.78, 5) is 10.5. The van der Waals surface area contributed by atoms with E-state index in [1.165, 1.54) is 6.07 Å². The third-order valence-electron chi connectivity index (χ3n) is 2.75. The van der Waals surface area contributed by atoms with E-state index in [9.17, 15) is 10.1 Å². The molecule has 2 aromatic rings. The molecule has 1 aromatic heterocycles. The van der Waals surface area contributed by atoms with Crippen molar-refractivity contribution in [2.24, 2.45) is 0 Å². The van der Waals surface area contributed by atoms with Gasteiger partial charge in [-0.1, -0.05) is 23.4 Å². The highest BCUT2D eigenvalue weighted by Gasteiger charge is 2.12. The smallest absolute Gasteiger partial charge is 0.272 e. The lowest BCUT2D eigenvalue weighted by atomic mass is 10.1. The second kappa shape index (κ2) is 6.05. The molecule has 0 amide bonds. The van der Waals surface area contributed by atoms with Crippen LogP contribution in [0, 0.1) is 10.1 Å². The maximum atomic E-state index is 10.9. The van der Waals surface area contributed by atoms with Gasteiger partial charge in [0, 0.05) is 37.4 Å². The number of aliphatic hydroxyl groups is 1. The van der Waals surface area contributed by atoms with Crippen LogP contribution in [0.5, 0.6) is 0 Å². The Morgan fingerprint density at radius 2 is 2.11 bits per heavy atom. The zero-order chi connectivity index (χ0) is 13.7. The Morgan fingerprint density at radius 3 is 2.84 bits per heavy atom. The average Bonchev–Trinajstić information content (AvgIpc) is 2.85. The molecule has 0 aliphatic heterocycles. The van der Waals surface area contributed by atoms with Crippen molar-refractivity contribution in [3.63, 3.8) is 0 Å². The van der Waals surface area contributed by atoms with Crippen molar-refractivity contribution in [2.75, 3.05) is 6.61 Å². The molecule has 0 aliphatic rings. The Hall–Kier alpha value is -2.28. The lowest BCUT2D eigenvalue weighted by molar-refractivity contribution is -0.385. The normalized spacial score (nSPS) is 10.6. The van der Waals surface area contributed by atoms with Gasteiger partial charge in [0.15, 0.2) is 0 Å². The van der Waals surface area contributed by atoms with E-state index in [1.807, 2.05) is 0 Å². The summed E-state index contributed by atoms with van der Waals surface area (Å²) in [5.74, 6) is 0. The third kappa shape index (κ3) is 3.35. The number of nitro benzene ring substituents is 1. The molecule has 2 rings (SSSR count). The Balaban J connectivity index is 2.03. The first-order valence-electron chi connectivity index (χ1n) is 5.93. The minimum Gasteiger partial charge on any atom is -0.396 e. The molecule has 100 valence electrons. The Labute approximate surface area is 109 Å². The summed E-state index contributed by atoms with van der Waals surface area (Å²) in [6.07, 6.45) is 2.72. The minimum absolute atomic E-state index is 0.0306. The van der Waals surface area contributed by atoms with E-state index in [0.29, 0.717) is 30.6 Å². The van der Waals surface area contributed by atoms with E-state index in [1.54, 1.807) is 29.1 Å². The fourth-order valence-corrected chi connectivity index (χ4v) is 1.81. The molecule has 7 heteroatoms. The van der Waals surface area contributed by atoms with Crippen LogP contribution in [0.2, 0.25) is 0 Å². The number of nitrogens with zero attached hydrogens (tertiary/aromatic N) is 4.